The van der Waals surface area contributed by atoms with Gasteiger partial charge in [-0.15, -0.1) is 0 Å². The smallest absolute Gasteiger partial charge is 0.0519 e. The molecule has 0 aromatic carbocycles. The quantitative estimate of drug-likeness (QED) is 0.698. The molecule has 1 fully saturated rings. The predicted octanol–water partition coefficient (Wildman–Crippen LogP) is 0.00330. The molecule has 0 aliphatic carbocycles. The van der Waals surface area contributed by atoms with E-state index in [9.17, 15) is 10.2 Å². The van der Waals surface area contributed by atoms with Gasteiger partial charge in [0, 0.05) is 18.0 Å². The second-order valence-corrected chi connectivity index (χ2v) is 5.60. The van der Waals surface area contributed by atoms with Crippen LogP contribution in [0.4, 0.5) is 0 Å². The largest absolute Gasteiger partial charge is 0.396 e. The minimum absolute atomic E-state index is 0.0527. The van der Waals surface area contributed by atoms with Crippen LogP contribution in [-0.2, 0) is 0 Å². The van der Waals surface area contributed by atoms with Crippen molar-refractivity contribution in [3.63, 3.8) is 0 Å². The van der Waals surface area contributed by atoms with E-state index in [0.29, 0.717) is 6.04 Å². The Balaban J connectivity index is 2.37. The molecule has 1 rings (SSSR count). The fourth-order valence-corrected chi connectivity index (χ4v) is 2.28. The Hall–Kier alpha value is -0.160. The van der Waals surface area contributed by atoms with E-state index < -0.39 is 0 Å². The van der Waals surface area contributed by atoms with E-state index in [1.807, 2.05) is 6.92 Å². The molecule has 0 aromatic heterocycles. The SMILES string of the molecule is CN(C)C1CCN(CC(C)(CO)CO)CC1. The molecular formula is C12H26N2O2. The van der Waals surface area contributed by atoms with Crippen LogP contribution in [0.3, 0.4) is 0 Å². The molecule has 1 aliphatic rings. The summed E-state index contributed by atoms with van der Waals surface area (Å²) >= 11 is 0. The lowest BCUT2D eigenvalue weighted by molar-refractivity contribution is 0.0222. The first-order valence-electron chi connectivity index (χ1n) is 6.11. The molecule has 0 bridgehead atoms. The Labute approximate surface area is 98.9 Å². The number of hydrogen-bond donors (Lipinski definition) is 2. The fourth-order valence-electron chi connectivity index (χ4n) is 2.28. The van der Waals surface area contributed by atoms with Gasteiger partial charge < -0.3 is 20.0 Å². The molecule has 0 spiro atoms. The molecule has 0 amide bonds. The molecule has 0 atom stereocenters. The van der Waals surface area contributed by atoms with E-state index in [-0.39, 0.29) is 18.6 Å². The summed E-state index contributed by atoms with van der Waals surface area (Å²) in [6.07, 6.45) is 2.36. The Morgan fingerprint density at radius 3 is 2.06 bits per heavy atom. The minimum Gasteiger partial charge on any atom is -0.396 e. The van der Waals surface area contributed by atoms with Gasteiger partial charge in [0.1, 0.15) is 0 Å². The average Bonchev–Trinajstić information content (AvgIpc) is 2.29. The van der Waals surface area contributed by atoms with Crippen LogP contribution in [-0.4, -0.2) is 73.0 Å². The maximum absolute atomic E-state index is 9.26. The van der Waals surface area contributed by atoms with Crippen molar-refractivity contribution in [2.45, 2.75) is 25.8 Å². The van der Waals surface area contributed by atoms with Crippen LogP contribution in [0.15, 0.2) is 0 Å². The van der Waals surface area contributed by atoms with Gasteiger partial charge in [0.2, 0.25) is 0 Å². The molecule has 0 saturated carbocycles. The fraction of sp³-hybridized carbons (Fsp3) is 1.00. The Kier molecular flexibility index (Phi) is 5.18. The van der Waals surface area contributed by atoms with Gasteiger partial charge in [-0.3, -0.25) is 0 Å². The number of rotatable bonds is 5. The number of nitrogens with zero attached hydrogens (tertiary/aromatic N) is 2. The van der Waals surface area contributed by atoms with Crippen molar-refractivity contribution in [3.05, 3.63) is 0 Å². The van der Waals surface area contributed by atoms with Gasteiger partial charge in [-0.1, -0.05) is 6.92 Å². The first-order valence-corrected chi connectivity index (χ1v) is 6.11. The minimum atomic E-state index is -0.356. The van der Waals surface area contributed by atoms with E-state index in [4.69, 9.17) is 0 Å². The summed E-state index contributed by atoms with van der Waals surface area (Å²) in [5.41, 5.74) is -0.356. The van der Waals surface area contributed by atoms with Crippen molar-refractivity contribution in [2.75, 3.05) is 46.9 Å². The van der Waals surface area contributed by atoms with Crippen molar-refractivity contribution >= 4 is 0 Å². The molecule has 1 saturated heterocycles. The summed E-state index contributed by atoms with van der Waals surface area (Å²) in [5, 5.41) is 18.5. The van der Waals surface area contributed by atoms with Crippen LogP contribution >= 0.6 is 0 Å². The summed E-state index contributed by atoms with van der Waals surface area (Å²) in [6, 6.07) is 0.686. The molecule has 16 heavy (non-hydrogen) atoms. The normalized spacial score (nSPS) is 20.6. The Bertz CT molecular complexity index is 197. The second kappa shape index (κ2) is 5.96. The van der Waals surface area contributed by atoms with E-state index >= 15 is 0 Å². The number of hydrogen-bond acceptors (Lipinski definition) is 4. The van der Waals surface area contributed by atoms with Crippen LogP contribution in [0.25, 0.3) is 0 Å². The molecule has 4 heteroatoms. The third kappa shape index (κ3) is 3.70. The standard InChI is InChI=1S/C12H26N2O2/c1-12(9-15,10-16)8-14-6-4-11(5-7-14)13(2)3/h11,15-16H,4-10H2,1-3H3. The summed E-state index contributed by atoms with van der Waals surface area (Å²) in [7, 11) is 4.26. The van der Waals surface area contributed by atoms with Crippen molar-refractivity contribution in [1.82, 2.24) is 9.80 Å². The van der Waals surface area contributed by atoms with Crippen LogP contribution < -0.4 is 0 Å². The molecule has 1 aliphatic heterocycles. The predicted molar refractivity (Wildman–Crippen MR) is 65.4 cm³/mol. The highest BCUT2D eigenvalue weighted by Gasteiger charge is 2.28. The van der Waals surface area contributed by atoms with Crippen LogP contribution in [0.2, 0.25) is 0 Å². The van der Waals surface area contributed by atoms with Gasteiger partial charge in [-0.25, -0.2) is 0 Å². The highest BCUT2D eigenvalue weighted by Crippen LogP contribution is 2.21. The van der Waals surface area contributed by atoms with Crippen molar-refractivity contribution in [2.24, 2.45) is 5.41 Å². The topological polar surface area (TPSA) is 46.9 Å². The molecule has 0 aromatic rings. The Morgan fingerprint density at radius 2 is 1.69 bits per heavy atom. The average molecular weight is 230 g/mol. The molecule has 0 unspecified atom stereocenters. The van der Waals surface area contributed by atoms with Gasteiger partial charge >= 0.3 is 0 Å². The summed E-state index contributed by atoms with van der Waals surface area (Å²) < 4.78 is 0. The maximum atomic E-state index is 9.26. The third-order valence-electron chi connectivity index (χ3n) is 3.66. The lowest BCUT2D eigenvalue weighted by Crippen LogP contribution is -2.47. The van der Waals surface area contributed by atoms with Gasteiger partial charge in [-0.2, -0.15) is 0 Å². The Morgan fingerprint density at radius 1 is 1.19 bits per heavy atom. The van der Waals surface area contributed by atoms with Crippen LogP contribution in [0.1, 0.15) is 19.8 Å². The molecule has 1 heterocycles. The van der Waals surface area contributed by atoms with Crippen molar-refractivity contribution in [3.8, 4) is 0 Å². The van der Waals surface area contributed by atoms with Crippen molar-refractivity contribution < 1.29 is 10.2 Å². The zero-order valence-electron chi connectivity index (χ0n) is 10.8. The lowest BCUT2D eigenvalue weighted by atomic mass is 9.91. The number of aliphatic hydroxyl groups excluding tert-OH is 2. The van der Waals surface area contributed by atoms with E-state index in [2.05, 4.69) is 23.9 Å². The van der Waals surface area contributed by atoms with Gasteiger partial charge in [-0.05, 0) is 40.0 Å². The van der Waals surface area contributed by atoms with Gasteiger partial charge in [0.05, 0.1) is 13.2 Å². The summed E-state index contributed by atoms with van der Waals surface area (Å²) in [6.45, 7) is 4.97. The second-order valence-electron chi connectivity index (χ2n) is 5.60. The van der Waals surface area contributed by atoms with E-state index in [1.165, 1.54) is 12.8 Å². The number of piperidine rings is 1. The summed E-state index contributed by atoms with van der Waals surface area (Å²) in [4.78, 5) is 4.64. The molecule has 4 nitrogen and oxygen atoms in total. The summed E-state index contributed by atoms with van der Waals surface area (Å²) in [5.74, 6) is 0. The van der Waals surface area contributed by atoms with Crippen molar-refractivity contribution in [1.29, 1.82) is 0 Å². The number of likely N-dealkylation sites (tertiary alicyclic amines) is 1. The third-order valence-corrected chi connectivity index (χ3v) is 3.66. The van der Waals surface area contributed by atoms with E-state index in [0.717, 1.165) is 19.6 Å². The lowest BCUT2D eigenvalue weighted by Gasteiger charge is -2.39. The van der Waals surface area contributed by atoms with Crippen LogP contribution in [0.5, 0.6) is 0 Å². The highest BCUT2D eigenvalue weighted by molar-refractivity contribution is 4.82. The monoisotopic (exact) mass is 230 g/mol. The van der Waals surface area contributed by atoms with E-state index in [1.54, 1.807) is 0 Å². The first-order chi connectivity index (χ1) is 7.50. The zero-order valence-corrected chi connectivity index (χ0v) is 10.8. The first kappa shape index (κ1) is 13.9. The van der Waals surface area contributed by atoms with Crippen LogP contribution in [0, 0.1) is 5.41 Å². The maximum Gasteiger partial charge on any atom is 0.0519 e. The zero-order chi connectivity index (χ0) is 12.2. The molecular weight excluding hydrogens is 204 g/mol. The van der Waals surface area contributed by atoms with Gasteiger partial charge in [0.15, 0.2) is 0 Å². The molecule has 96 valence electrons. The highest BCUT2D eigenvalue weighted by atomic mass is 16.3. The molecule has 2 N–H and O–H groups in total. The number of aliphatic hydroxyl groups is 2. The molecule has 0 radical (unpaired) electrons. The van der Waals surface area contributed by atoms with Gasteiger partial charge in [0.25, 0.3) is 0 Å².